The van der Waals surface area contributed by atoms with Gasteiger partial charge in [-0.1, -0.05) is 151 Å². The third-order valence-corrected chi connectivity index (χ3v) is 17.1. The summed E-state index contributed by atoms with van der Waals surface area (Å²) in [4.78, 5) is 0. The molecule has 11 aromatic rings. The first kappa shape index (κ1) is 33.8. The van der Waals surface area contributed by atoms with E-state index in [1.54, 1.807) is 0 Å². The molecule has 0 unspecified atom stereocenters. The molecule has 13 rings (SSSR count). The second-order valence-corrected chi connectivity index (χ2v) is 19.8. The molecule has 2 aliphatic rings. The predicted octanol–water partition coefficient (Wildman–Crippen LogP) is 14.1. The van der Waals surface area contributed by atoms with Gasteiger partial charge in [-0.2, -0.15) is 0 Å². The maximum absolute atomic E-state index is 6.88. The molecule has 0 radical (unpaired) electrons. The highest BCUT2D eigenvalue weighted by Gasteiger charge is 2.42. The normalized spacial score (nSPS) is 13.5. The third-order valence-electron chi connectivity index (χ3n) is 12.2. The van der Waals surface area contributed by atoms with E-state index in [0.29, 0.717) is 0 Å². The lowest BCUT2D eigenvalue weighted by Crippen LogP contribution is -2.34. The van der Waals surface area contributed by atoms with Crippen LogP contribution in [-0.4, -0.2) is 0 Å². The Kier molecular flexibility index (Phi) is 7.13. The fourth-order valence-electron chi connectivity index (χ4n) is 9.29. The Morgan fingerprint density at radius 2 is 0.733 bits per heavy atom. The average Bonchev–Trinajstić information content (AvgIpc) is 3.88. The van der Waals surface area contributed by atoms with E-state index in [0.717, 1.165) is 127 Å². The summed E-state index contributed by atoms with van der Waals surface area (Å²) in [5.74, 6) is 3.12. The molecule has 4 nitrogen and oxygen atoms in total. The van der Waals surface area contributed by atoms with Crippen LogP contribution in [0.2, 0.25) is 0 Å². The van der Waals surface area contributed by atoms with Crippen molar-refractivity contribution in [2.45, 2.75) is 0 Å². The largest absolute Gasteiger partial charge is 0.456 e. The summed E-state index contributed by atoms with van der Waals surface area (Å²) in [5.41, 5.74) is 12.3. The summed E-state index contributed by atoms with van der Waals surface area (Å²) in [5, 5.41) is 7.56. The van der Waals surface area contributed by atoms with E-state index in [4.69, 9.17) is 30.1 Å². The lowest BCUT2D eigenvalue weighted by atomic mass is 9.98. The first-order valence-electron chi connectivity index (χ1n) is 20.0. The number of benzene rings is 9. The smallest absolute Gasteiger partial charge is 0.143 e. The number of hydrogen-bond acceptors (Lipinski definition) is 5. The Balaban J connectivity index is 0.845. The number of rotatable bonds is 4. The summed E-state index contributed by atoms with van der Waals surface area (Å²) < 4.78 is 26.1. The van der Waals surface area contributed by atoms with Gasteiger partial charge in [-0.05, 0) is 81.9 Å². The Morgan fingerprint density at radius 3 is 1.22 bits per heavy atom. The molecule has 0 amide bonds. The molecular weight excluding hydrogens is 776 g/mol. The van der Waals surface area contributed by atoms with Crippen molar-refractivity contribution in [1.82, 2.24) is 0 Å². The molecule has 2 aliphatic heterocycles. The molecular formula is C54H31O4PS. The molecule has 0 atom stereocenters. The van der Waals surface area contributed by atoms with Crippen molar-refractivity contribution in [3.8, 4) is 67.5 Å². The molecule has 0 aliphatic carbocycles. The van der Waals surface area contributed by atoms with Crippen LogP contribution in [0, 0.1) is 0 Å². The van der Waals surface area contributed by atoms with E-state index in [-0.39, 0.29) is 0 Å². The number of furan rings is 2. The van der Waals surface area contributed by atoms with Crippen molar-refractivity contribution in [2.24, 2.45) is 0 Å². The van der Waals surface area contributed by atoms with Gasteiger partial charge >= 0.3 is 0 Å². The van der Waals surface area contributed by atoms with Crippen LogP contribution in [0.4, 0.5) is 0 Å². The van der Waals surface area contributed by atoms with E-state index in [9.17, 15) is 0 Å². The Bertz CT molecular complexity index is 3400. The lowest BCUT2D eigenvalue weighted by molar-refractivity contribution is 0.466. The van der Waals surface area contributed by atoms with Gasteiger partial charge in [0, 0.05) is 43.3 Å². The highest BCUT2D eigenvalue weighted by molar-refractivity contribution is 8.26. The van der Waals surface area contributed by atoms with Gasteiger partial charge in [0.2, 0.25) is 0 Å². The molecule has 0 saturated carbocycles. The lowest BCUT2D eigenvalue weighted by Gasteiger charge is -2.37. The molecule has 0 N–H and O–H groups in total. The quantitative estimate of drug-likeness (QED) is 0.166. The van der Waals surface area contributed by atoms with Gasteiger partial charge < -0.3 is 18.3 Å². The zero-order chi connectivity index (χ0) is 39.5. The summed E-state index contributed by atoms with van der Waals surface area (Å²) in [6, 6.07) is 62.9. The molecule has 0 saturated heterocycles. The van der Waals surface area contributed by atoms with E-state index < -0.39 is 6.04 Å². The van der Waals surface area contributed by atoms with Crippen LogP contribution in [0.1, 0.15) is 0 Å². The van der Waals surface area contributed by atoms with Gasteiger partial charge in [0.15, 0.2) is 0 Å². The molecule has 9 aromatic carbocycles. The molecule has 6 heteroatoms. The number of ether oxygens (including phenoxy) is 2. The van der Waals surface area contributed by atoms with Gasteiger partial charge in [-0.3, -0.25) is 0 Å². The highest BCUT2D eigenvalue weighted by Crippen LogP contribution is 2.59. The van der Waals surface area contributed by atoms with Gasteiger partial charge in [-0.25, -0.2) is 0 Å². The van der Waals surface area contributed by atoms with Gasteiger partial charge in [0.05, 0.1) is 11.3 Å². The summed E-state index contributed by atoms with van der Waals surface area (Å²) in [6.07, 6.45) is 0. The van der Waals surface area contributed by atoms with E-state index >= 15 is 0 Å². The van der Waals surface area contributed by atoms with Gasteiger partial charge in [0.25, 0.3) is 0 Å². The molecule has 2 aromatic heterocycles. The minimum Gasteiger partial charge on any atom is -0.456 e. The molecule has 0 fully saturated rings. The Morgan fingerprint density at radius 1 is 0.333 bits per heavy atom. The topological polar surface area (TPSA) is 44.7 Å². The Labute approximate surface area is 349 Å². The van der Waals surface area contributed by atoms with Crippen molar-refractivity contribution >= 4 is 77.6 Å². The standard InChI is InChI=1S/C54H31O4PS/c60-59-50-28-26-36(32-18-22-34(23-19-32)38-10-5-12-42-40-8-1-3-14-44(40)57-52(38)42)30-48(50)55-46-16-7-17-47(54(46)59)56-49-31-37(27-29-51(49)59)33-20-24-35(25-21-33)39-11-6-13-43-41-9-2-4-15-45(41)58-53(39)43/h1-31H. The Hall–Kier alpha value is -7.17. The summed E-state index contributed by atoms with van der Waals surface area (Å²) in [6.45, 7) is 0. The zero-order valence-electron chi connectivity index (χ0n) is 31.9. The van der Waals surface area contributed by atoms with Crippen LogP contribution in [0.25, 0.3) is 88.4 Å². The second-order valence-electron chi connectivity index (χ2n) is 15.5. The minimum atomic E-state index is -2.54. The van der Waals surface area contributed by atoms with Crippen LogP contribution >= 0.6 is 6.04 Å². The average molecular weight is 807 g/mol. The monoisotopic (exact) mass is 806 g/mol. The molecule has 4 heterocycles. The van der Waals surface area contributed by atoms with Crippen molar-refractivity contribution in [1.29, 1.82) is 0 Å². The maximum atomic E-state index is 6.88. The van der Waals surface area contributed by atoms with Crippen molar-refractivity contribution in [3.63, 3.8) is 0 Å². The van der Waals surface area contributed by atoms with Crippen molar-refractivity contribution in [2.75, 3.05) is 0 Å². The predicted molar refractivity (Wildman–Crippen MR) is 249 cm³/mol. The molecule has 0 bridgehead atoms. The maximum Gasteiger partial charge on any atom is 0.143 e. The van der Waals surface area contributed by atoms with Gasteiger partial charge in [-0.15, -0.1) is 0 Å². The summed E-state index contributed by atoms with van der Waals surface area (Å²) in [7, 11) is 0. The van der Waals surface area contributed by atoms with Crippen LogP contribution in [-0.2, 0) is 11.8 Å². The second kappa shape index (κ2) is 12.7. The first-order chi connectivity index (χ1) is 29.6. The van der Waals surface area contributed by atoms with Crippen LogP contribution in [0.15, 0.2) is 197 Å². The SMILES string of the molecule is S=P12c3ccc(-c4ccc(-c5cccc6c5oc5ccccc56)cc4)cc3Oc3cccc(c31)Oc1cc(-c3ccc(-c4cccc5c4oc4ccccc45)cc3)ccc12. The highest BCUT2D eigenvalue weighted by atomic mass is 32.4. The van der Waals surface area contributed by atoms with E-state index in [1.165, 1.54) is 0 Å². The van der Waals surface area contributed by atoms with Crippen molar-refractivity contribution < 1.29 is 18.3 Å². The van der Waals surface area contributed by atoms with Gasteiger partial charge in [0.1, 0.15) is 45.3 Å². The van der Waals surface area contributed by atoms with Crippen molar-refractivity contribution in [3.05, 3.63) is 188 Å². The van der Waals surface area contributed by atoms with E-state index in [2.05, 4.69) is 146 Å². The fraction of sp³-hybridized carbons (Fsp3) is 0. The number of fused-ring (bicyclic) bond motifs is 10. The van der Waals surface area contributed by atoms with Crippen LogP contribution in [0.3, 0.4) is 0 Å². The van der Waals surface area contributed by atoms with Crippen LogP contribution < -0.4 is 25.4 Å². The number of hydrogen-bond donors (Lipinski definition) is 0. The molecule has 60 heavy (non-hydrogen) atoms. The zero-order valence-corrected chi connectivity index (χ0v) is 33.6. The first-order valence-corrected chi connectivity index (χ1v) is 22.8. The third kappa shape index (κ3) is 4.88. The molecule has 0 spiro atoms. The minimum absolute atomic E-state index is 0.763. The summed E-state index contributed by atoms with van der Waals surface area (Å²) >= 11 is 6.88. The number of para-hydroxylation sites is 4. The fourth-order valence-corrected chi connectivity index (χ4v) is 13.7. The molecule has 282 valence electrons. The van der Waals surface area contributed by atoms with Crippen LogP contribution in [0.5, 0.6) is 23.0 Å². The van der Waals surface area contributed by atoms with E-state index in [1.807, 2.05) is 42.5 Å².